The lowest BCUT2D eigenvalue weighted by molar-refractivity contribution is 0.0994. The van der Waals surface area contributed by atoms with Gasteiger partial charge in [0.2, 0.25) is 5.89 Å². The van der Waals surface area contributed by atoms with Gasteiger partial charge in [0.15, 0.2) is 5.78 Å². The van der Waals surface area contributed by atoms with E-state index in [1.54, 1.807) is 0 Å². The molecule has 136 valence electrons. The molecule has 1 N–H and O–H groups in total. The molecule has 0 bridgehead atoms. The summed E-state index contributed by atoms with van der Waals surface area (Å²) in [7, 11) is 0. The number of nitrogens with zero attached hydrogens (tertiary/aromatic N) is 2. The highest BCUT2D eigenvalue weighted by molar-refractivity contribution is 9.10. The van der Waals surface area contributed by atoms with Crippen molar-refractivity contribution in [3.05, 3.63) is 64.3 Å². The third-order valence-corrected chi connectivity index (χ3v) is 5.69. The van der Waals surface area contributed by atoms with Crippen molar-refractivity contribution in [1.29, 1.82) is 0 Å². The van der Waals surface area contributed by atoms with Crippen LogP contribution >= 0.6 is 27.7 Å². The summed E-state index contributed by atoms with van der Waals surface area (Å²) in [6, 6.07) is 15.5. The molecule has 27 heavy (non-hydrogen) atoms. The number of Topliss-reactive ketones (excluding diaryl/α,β-unsaturated/α-hetero) is 1. The molecule has 0 radical (unpaired) electrons. The van der Waals surface area contributed by atoms with Crippen molar-refractivity contribution >= 4 is 44.4 Å². The fourth-order valence-corrected chi connectivity index (χ4v) is 4.14. The number of benzene rings is 2. The molecular weight excluding hydrogens is 426 g/mol. The lowest BCUT2D eigenvalue weighted by atomic mass is 10.1. The predicted octanol–water partition coefficient (Wildman–Crippen LogP) is 5.65. The molecule has 2 aromatic carbocycles. The maximum Gasteiger partial charge on any atom is 0.277 e. The molecule has 2 heterocycles. The Labute approximate surface area is 168 Å². The molecule has 0 saturated heterocycles. The zero-order valence-corrected chi connectivity index (χ0v) is 17.1. The molecule has 4 aromatic rings. The van der Waals surface area contributed by atoms with Crippen molar-refractivity contribution in [2.75, 3.05) is 0 Å². The van der Waals surface area contributed by atoms with Crippen molar-refractivity contribution < 1.29 is 9.21 Å². The first kappa shape index (κ1) is 18.0. The van der Waals surface area contributed by atoms with Crippen molar-refractivity contribution in [3.63, 3.8) is 0 Å². The van der Waals surface area contributed by atoms with Gasteiger partial charge in [0.1, 0.15) is 0 Å². The Hall–Kier alpha value is -2.38. The smallest absolute Gasteiger partial charge is 0.277 e. The highest BCUT2D eigenvalue weighted by atomic mass is 79.9. The number of hydrogen-bond donors (Lipinski definition) is 1. The van der Waals surface area contributed by atoms with Gasteiger partial charge >= 0.3 is 0 Å². The molecule has 0 aliphatic rings. The second-order valence-electron chi connectivity index (χ2n) is 6.18. The van der Waals surface area contributed by atoms with Gasteiger partial charge in [0, 0.05) is 32.2 Å². The summed E-state index contributed by atoms with van der Waals surface area (Å²) in [5, 5.41) is 9.14. The number of thioether (sulfide) groups is 1. The van der Waals surface area contributed by atoms with Crippen LogP contribution in [0.2, 0.25) is 0 Å². The minimum absolute atomic E-state index is 0.0390. The first-order valence-electron chi connectivity index (χ1n) is 8.40. The highest BCUT2D eigenvalue weighted by Crippen LogP contribution is 2.31. The molecular formula is C20H16BrN3O2S. The summed E-state index contributed by atoms with van der Waals surface area (Å²) in [5.41, 5.74) is 3.38. The number of halogens is 1. The maximum atomic E-state index is 13.0. The average Bonchev–Trinajstić information content (AvgIpc) is 3.24. The molecule has 0 aliphatic carbocycles. The molecule has 2 aromatic heterocycles. The van der Waals surface area contributed by atoms with Crippen LogP contribution in [-0.2, 0) is 0 Å². The minimum atomic E-state index is -0.348. The number of para-hydroxylation sites is 1. The van der Waals surface area contributed by atoms with Crippen LogP contribution in [0.3, 0.4) is 0 Å². The van der Waals surface area contributed by atoms with E-state index in [2.05, 4.69) is 31.1 Å². The van der Waals surface area contributed by atoms with Crippen molar-refractivity contribution in [3.8, 4) is 11.5 Å². The van der Waals surface area contributed by atoms with E-state index in [-0.39, 0.29) is 11.0 Å². The summed E-state index contributed by atoms with van der Waals surface area (Å²) in [5.74, 6) is 0.471. The first-order valence-corrected chi connectivity index (χ1v) is 10.1. The van der Waals surface area contributed by atoms with E-state index < -0.39 is 0 Å². The zero-order chi connectivity index (χ0) is 19.0. The molecule has 0 aliphatic heterocycles. The fourth-order valence-electron chi connectivity index (χ4n) is 3.00. The van der Waals surface area contributed by atoms with Crippen LogP contribution in [0.25, 0.3) is 22.4 Å². The van der Waals surface area contributed by atoms with E-state index in [0.717, 1.165) is 32.2 Å². The van der Waals surface area contributed by atoms with E-state index in [1.807, 2.05) is 62.4 Å². The normalized spacial score (nSPS) is 12.4. The van der Waals surface area contributed by atoms with Crippen LogP contribution in [0.4, 0.5) is 0 Å². The summed E-state index contributed by atoms with van der Waals surface area (Å²) >= 11 is 4.70. The van der Waals surface area contributed by atoms with Crippen molar-refractivity contribution in [2.45, 2.75) is 24.3 Å². The van der Waals surface area contributed by atoms with E-state index >= 15 is 0 Å². The number of carbonyl (C=O) groups is 1. The number of hydrogen-bond acceptors (Lipinski definition) is 5. The standard InChI is InChI=1S/C20H16BrN3O2S/c1-11-17(15-8-3-4-9-16(15)22-11)18(25)12(2)27-20-24-23-19(26-20)13-6-5-7-14(21)10-13/h3-10,12,22H,1-2H3/t12-/m1/s1. The van der Waals surface area contributed by atoms with Gasteiger partial charge in [-0.05, 0) is 38.1 Å². The van der Waals surface area contributed by atoms with Gasteiger partial charge in [-0.3, -0.25) is 4.79 Å². The molecule has 0 amide bonds. The van der Waals surface area contributed by atoms with Crippen LogP contribution in [0, 0.1) is 6.92 Å². The molecule has 1 atom stereocenters. The average molecular weight is 442 g/mol. The second-order valence-corrected chi connectivity index (χ2v) is 8.39. The van der Waals surface area contributed by atoms with E-state index in [4.69, 9.17) is 4.42 Å². The first-order chi connectivity index (χ1) is 13.0. The Morgan fingerprint density at radius 3 is 2.81 bits per heavy atom. The Morgan fingerprint density at radius 1 is 1.19 bits per heavy atom. The largest absolute Gasteiger partial charge is 0.411 e. The lowest BCUT2D eigenvalue weighted by Crippen LogP contribution is -2.14. The minimum Gasteiger partial charge on any atom is -0.411 e. The second kappa shape index (κ2) is 7.32. The van der Waals surface area contributed by atoms with Gasteiger partial charge in [-0.2, -0.15) is 0 Å². The van der Waals surface area contributed by atoms with Gasteiger partial charge in [0.25, 0.3) is 5.22 Å². The quantitative estimate of drug-likeness (QED) is 0.319. The summed E-state index contributed by atoms with van der Waals surface area (Å²) in [6.07, 6.45) is 0. The number of ketones is 1. The lowest BCUT2D eigenvalue weighted by Gasteiger charge is -2.07. The molecule has 7 heteroatoms. The van der Waals surface area contributed by atoms with Gasteiger partial charge in [-0.15, -0.1) is 10.2 Å². The number of aromatic nitrogens is 3. The third-order valence-electron chi connectivity index (χ3n) is 4.26. The van der Waals surface area contributed by atoms with Crippen LogP contribution in [0.1, 0.15) is 23.0 Å². The number of carbonyl (C=O) groups excluding carboxylic acids is 1. The fraction of sp³-hybridized carbons (Fsp3) is 0.150. The van der Waals surface area contributed by atoms with Crippen LogP contribution in [0.5, 0.6) is 0 Å². The van der Waals surface area contributed by atoms with Gasteiger partial charge in [0.05, 0.1) is 5.25 Å². The molecule has 0 spiro atoms. The Morgan fingerprint density at radius 2 is 2.00 bits per heavy atom. The SMILES string of the molecule is Cc1[nH]c2ccccc2c1C(=O)[C@@H](C)Sc1nnc(-c2cccc(Br)c2)o1. The maximum absolute atomic E-state index is 13.0. The Balaban J connectivity index is 1.56. The molecule has 4 rings (SSSR count). The highest BCUT2D eigenvalue weighted by Gasteiger charge is 2.24. The van der Waals surface area contributed by atoms with Gasteiger partial charge in [-0.25, -0.2) is 0 Å². The van der Waals surface area contributed by atoms with E-state index in [1.165, 1.54) is 11.8 Å². The monoisotopic (exact) mass is 441 g/mol. The van der Waals surface area contributed by atoms with E-state index in [0.29, 0.717) is 11.1 Å². The predicted molar refractivity (Wildman–Crippen MR) is 110 cm³/mol. The van der Waals surface area contributed by atoms with Crippen molar-refractivity contribution in [1.82, 2.24) is 15.2 Å². The molecule has 5 nitrogen and oxygen atoms in total. The van der Waals surface area contributed by atoms with Crippen LogP contribution in [0.15, 0.2) is 62.6 Å². The van der Waals surface area contributed by atoms with Crippen LogP contribution in [-0.4, -0.2) is 26.2 Å². The number of aryl methyl sites for hydroxylation is 1. The molecule has 0 saturated carbocycles. The van der Waals surface area contributed by atoms with Gasteiger partial charge in [-0.1, -0.05) is 52.0 Å². The third kappa shape index (κ3) is 3.57. The number of nitrogens with one attached hydrogen (secondary N) is 1. The van der Waals surface area contributed by atoms with Gasteiger partial charge < -0.3 is 9.40 Å². The Kier molecular flexibility index (Phi) is 4.88. The summed E-state index contributed by atoms with van der Waals surface area (Å²) in [4.78, 5) is 16.3. The van der Waals surface area contributed by atoms with Crippen LogP contribution < -0.4 is 0 Å². The number of rotatable bonds is 5. The summed E-state index contributed by atoms with van der Waals surface area (Å²) < 4.78 is 6.68. The Bertz CT molecular complexity index is 1140. The number of aromatic amines is 1. The van der Waals surface area contributed by atoms with E-state index in [9.17, 15) is 4.79 Å². The topological polar surface area (TPSA) is 71.8 Å². The molecule has 0 fully saturated rings. The number of H-pyrrole nitrogens is 1. The van der Waals surface area contributed by atoms with Crippen molar-refractivity contribution in [2.24, 2.45) is 0 Å². The summed E-state index contributed by atoms with van der Waals surface area (Å²) in [6.45, 7) is 3.78. The number of fused-ring (bicyclic) bond motifs is 1. The molecule has 0 unspecified atom stereocenters. The zero-order valence-electron chi connectivity index (χ0n) is 14.7.